The van der Waals surface area contributed by atoms with Crippen molar-refractivity contribution in [1.82, 2.24) is 0 Å². The van der Waals surface area contributed by atoms with E-state index in [9.17, 15) is 15.0 Å². The van der Waals surface area contributed by atoms with Crippen LogP contribution in [0.1, 0.15) is 40.5 Å². The van der Waals surface area contributed by atoms with Gasteiger partial charge in [-0.1, -0.05) is 80.6 Å². The number of ether oxygens (including phenoxy) is 2. The van der Waals surface area contributed by atoms with E-state index in [-0.39, 0.29) is 0 Å². The SMILES string of the molecule is C=CC(O)[C@@H]1OC(C)(C)O[C@@H]1C(O)CCC(C)(C)[Si](O)(c1ccccc1)c1ccccc1. The second kappa shape index (κ2) is 9.59. The minimum absolute atomic E-state index is 0.395. The Morgan fingerprint density at radius 2 is 1.44 bits per heavy atom. The van der Waals surface area contributed by atoms with E-state index in [0.29, 0.717) is 12.8 Å². The van der Waals surface area contributed by atoms with E-state index in [1.807, 2.05) is 60.7 Å². The minimum Gasteiger partial charge on any atom is -0.424 e. The molecule has 32 heavy (non-hydrogen) atoms. The van der Waals surface area contributed by atoms with Gasteiger partial charge in [0.15, 0.2) is 5.79 Å². The summed E-state index contributed by atoms with van der Waals surface area (Å²) in [4.78, 5) is 12.3. The number of hydrogen-bond donors (Lipinski definition) is 3. The van der Waals surface area contributed by atoms with Crippen LogP contribution in [0.15, 0.2) is 73.3 Å². The molecule has 0 amide bonds. The summed E-state index contributed by atoms with van der Waals surface area (Å²) in [5, 5.41) is 22.7. The molecule has 0 radical (unpaired) electrons. The normalized spacial score (nSPS) is 23.0. The first kappa shape index (κ1) is 24.8. The molecule has 3 rings (SSSR count). The second-order valence-electron chi connectivity index (χ2n) is 9.72. The molecule has 1 aliphatic heterocycles. The van der Waals surface area contributed by atoms with Crippen molar-refractivity contribution < 1.29 is 24.5 Å². The Morgan fingerprint density at radius 1 is 0.969 bits per heavy atom. The van der Waals surface area contributed by atoms with E-state index in [1.54, 1.807) is 13.8 Å². The first-order valence-corrected chi connectivity index (χ1v) is 13.1. The molecule has 0 aliphatic carbocycles. The number of aliphatic hydroxyl groups is 2. The second-order valence-corrected chi connectivity index (χ2v) is 13.7. The maximum Gasteiger partial charge on any atom is 0.258 e. The van der Waals surface area contributed by atoms with Crippen LogP contribution in [0.3, 0.4) is 0 Å². The molecule has 3 N–H and O–H groups in total. The molecule has 6 heteroatoms. The lowest BCUT2D eigenvalue weighted by Crippen LogP contribution is -2.65. The fourth-order valence-electron chi connectivity index (χ4n) is 4.67. The summed E-state index contributed by atoms with van der Waals surface area (Å²) in [6.45, 7) is 11.3. The average molecular weight is 457 g/mol. The summed E-state index contributed by atoms with van der Waals surface area (Å²) < 4.78 is 11.8. The van der Waals surface area contributed by atoms with Gasteiger partial charge in [-0.05, 0) is 42.1 Å². The maximum atomic E-state index is 12.3. The van der Waals surface area contributed by atoms with Crippen molar-refractivity contribution in [3.8, 4) is 0 Å². The smallest absolute Gasteiger partial charge is 0.258 e. The molecule has 1 saturated heterocycles. The van der Waals surface area contributed by atoms with Crippen molar-refractivity contribution in [3.63, 3.8) is 0 Å². The van der Waals surface area contributed by atoms with Gasteiger partial charge in [0, 0.05) is 0 Å². The van der Waals surface area contributed by atoms with E-state index in [2.05, 4.69) is 20.4 Å². The molecule has 5 nitrogen and oxygen atoms in total. The summed E-state index contributed by atoms with van der Waals surface area (Å²) in [5.74, 6) is -0.903. The highest BCUT2D eigenvalue weighted by molar-refractivity contribution is 6.98. The van der Waals surface area contributed by atoms with Crippen molar-refractivity contribution in [3.05, 3.63) is 73.3 Å². The van der Waals surface area contributed by atoms with Crippen LogP contribution in [-0.4, -0.2) is 53.5 Å². The highest BCUT2D eigenvalue weighted by atomic mass is 28.4. The van der Waals surface area contributed by atoms with E-state index >= 15 is 0 Å². The molecule has 0 aromatic heterocycles. The quantitative estimate of drug-likeness (QED) is 0.399. The van der Waals surface area contributed by atoms with Crippen LogP contribution in [0.4, 0.5) is 0 Å². The lowest BCUT2D eigenvalue weighted by molar-refractivity contribution is -0.159. The van der Waals surface area contributed by atoms with Crippen molar-refractivity contribution >= 4 is 18.7 Å². The molecule has 1 heterocycles. The summed E-state index contributed by atoms with van der Waals surface area (Å²) >= 11 is 0. The highest BCUT2D eigenvalue weighted by Crippen LogP contribution is 2.41. The summed E-state index contributed by atoms with van der Waals surface area (Å²) in [6, 6.07) is 19.7. The molecule has 0 spiro atoms. The summed E-state index contributed by atoms with van der Waals surface area (Å²) in [6.07, 6.45) is -0.818. The molecule has 0 saturated carbocycles. The standard InChI is InChI=1S/C26H36O5Si/c1-6-21(27)23-24(31-26(4,5)30-23)22(28)17-18-25(2,3)32(29,19-13-9-7-10-14-19)20-15-11-8-12-16-20/h6-16,21-24,27-29H,1,17-18H2,2-5H3/t21?,22?,23-,24+/m0/s1. The van der Waals surface area contributed by atoms with Crippen LogP contribution < -0.4 is 10.4 Å². The largest absolute Gasteiger partial charge is 0.424 e. The number of benzene rings is 2. The van der Waals surface area contributed by atoms with Crippen LogP contribution >= 0.6 is 0 Å². The van der Waals surface area contributed by atoms with Gasteiger partial charge in [-0.2, -0.15) is 0 Å². The maximum absolute atomic E-state index is 12.3. The Morgan fingerprint density at radius 3 is 1.91 bits per heavy atom. The fourth-order valence-corrected chi connectivity index (χ4v) is 8.43. The fraction of sp³-hybridized carbons (Fsp3) is 0.462. The third kappa shape index (κ3) is 4.91. The van der Waals surface area contributed by atoms with E-state index in [1.165, 1.54) is 6.08 Å². The first-order valence-electron chi connectivity index (χ1n) is 11.2. The van der Waals surface area contributed by atoms with Crippen LogP contribution in [-0.2, 0) is 9.47 Å². The van der Waals surface area contributed by atoms with Crippen LogP contribution in [0.25, 0.3) is 0 Å². The third-order valence-corrected chi connectivity index (χ3v) is 11.1. The Labute approximate surface area is 192 Å². The van der Waals surface area contributed by atoms with E-state index in [0.717, 1.165) is 10.4 Å². The highest BCUT2D eigenvalue weighted by Gasteiger charge is 2.51. The Bertz CT molecular complexity index is 844. The Balaban J connectivity index is 1.85. The minimum atomic E-state index is -3.16. The van der Waals surface area contributed by atoms with Crippen molar-refractivity contribution in [2.75, 3.05) is 0 Å². The number of rotatable bonds is 9. The van der Waals surface area contributed by atoms with Gasteiger partial charge in [0.2, 0.25) is 0 Å². The molecule has 2 unspecified atom stereocenters. The van der Waals surface area contributed by atoms with Gasteiger partial charge in [0.1, 0.15) is 18.3 Å². The van der Waals surface area contributed by atoms with Crippen molar-refractivity contribution in [1.29, 1.82) is 0 Å². The lowest BCUT2D eigenvalue weighted by atomic mass is 9.96. The molecule has 174 valence electrons. The van der Waals surface area contributed by atoms with Gasteiger partial charge < -0.3 is 24.5 Å². The molecule has 4 atom stereocenters. The Hall–Kier alpha value is -1.80. The molecular formula is C26H36O5Si. The molecule has 1 fully saturated rings. The van der Waals surface area contributed by atoms with E-state index < -0.39 is 43.6 Å². The van der Waals surface area contributed by atoms with E-state index in [4.69, 9.17) is 9.47 Å². The number of hydrogen-bond acceptors (Lipinski definition) is 5. The molecule has 2 aromatic rings. The summed E-state index contributed by atoms with van der Waals surface area (Å²) in [7, 11) is -3.16. The molecule has 1 aliphatic rings. The average Bonchev–Trinajstić information content (AvgIpc) is 3.13. The molecule has 2 aromatic carbocycles. The zero-order valence-corrected chi connectivity index (χ0v) is 20.4. The Kier molecular flexibility index (Phi) is 7.44. The van der Waals surface area contributed by atoms with Crippen LogP contribution in [0, 0.1) is 0 Å². The predicted octanol–water partition coefficient (Wildman–Crippen LogP) is 2.73. The van der Waals surface area contributed by atoms with Gasteiger partial charge in [0.25, 0.3) is 8.32 Å². The lowest BCUT2D eigenvalue weighted by Gasteiger charge is -2.42. The van der Waals surface area contributed by atoms with Gasteiger partial charge in [-0.25, -0.2) is 0 Å². The van der Waals surface area contributed by atoms with Crippen LogP contribution in [0.5, 0.6) is 0 Å². The monoisotopic (exact) mass is 456 g/mol. The van der Waals surface area contributed by atoms with Crippen molar-refractivity contribution in [2.45, 2.75) is 75.8 Å². The third-order valence-electron chi connectivity index (χ3n) is 6.55. The zero-order chi connectivity index (χ0) is 23.6. The topological polar surface area (TPSA) is 79.2 Å². The molecule has 0 bridgehead atoms. The predicted molar refractivity (Wildman–Crippen MR) is 129 cm³/mol. The van der Waals surface area contributed by atoms with Gasteiger partial charge in [0.05, 0.1) is 6.10 Å². The van der Waals surface area contributed by atoms with Crippen LogP contribution in [0.2, 0.25) is 5.04 Å². The van der Waals surface area contributed by atoms with Gasteiger partial charge >= 0.3 is 0 Å². The summed E-state index contributed by atoms with van der Waals surface area (Å²) in [5.41, 5.74) is 0. The van der Waals surface area contributed by atoms with Gasteiger partial charge in [-0.15, -0.1) is 6.58 Å². The number of aliphatic hydroxyl groups excluding tert-OH is 2. The zero-order valence-electron chi connectivity index (χ0n) is 19.4. The van der Waals surface area contributed by atoms with Crippen molar-refractivity contribution in [2.24, 2.45) is 0 Å². The first-order chi connectivity index (χ1) is 15.0. The molecular weight excluding hydrogens is 420 g/mol. The van der Waals surface area contributed by atoms with Gasteiger partial charge in [-0.3, -0.25) is 0 Å².